The molecule has 1 aliphatic heterocycles. The first-order valence-electron chi connectivity index (χ1n) is 11.1. The van der Waals surface area contributed by atoms with Crippen LogP contribution < -0.4 is 15.1 Å². The maximum absolute atomic E-state index is 13.0. The molecule has 0 aliphatic carbocycles. The maximum Gasteiger partial charge on any atom is 0.264 e. The van der Waals surface area contributed by atoms with Crippen molar-refractivity contribution in [2.45, 2.75) is 11.8 Å². The van der Waals surface area contributed by atoms with Gasteiger partial charge < -0.3 is 15.1 Å². The number of thioether (sulfide) groups is 1. The second-order valence-electron chi connectivity index (χ2n) is 7.88. The number of halogens is 1. The molecule has 0 saturated carbocycles. The summed E-state index contributed by atoms with van der Waals surface area (Å²) in [5, 5.41) is 3.62. The summed E-state index contributed by atoms with van der Waals surface area (Å²) in [7, 11) is 1.73. The van der Waals surface area contributed by atoms with Gasteiger partial charge in [-0.3, -0.25) is 9.59 Å². The van der Waals surface area contributed by atoms with Crippen molar-refractivity contribution in [1.29, 1.82) is 0 Å². The van der Waals surface area contributed by atoms with Crippen molar-refractivity contribution in [2.75, 3.05) is 36.5 Å². The Morgan fingerprint density at radius 2 is 1.88 bits per heavy atom. The van der Waals surface area contributed by atoms with E-state index in [0.29, 0.717) is 28.6 Å². The molecule has 1 aliphatic rings. The minimum atomic E-state index is -0.155. The number of carbonyl (C=O) groups excluding carboxylic acids is 2. The van der Waals surface area contributed by atoms with Gasteiger partial charge in [-0.25, -0.2) is 0 Å². The summed E-state index contributed by atoms with van der Waals surface area (Å²) in [6, 6.07) is 23.0. The van der Waals surface area contributed by atoms with E-state index in [1.54, 1.807) is 30.1 Å². The van der Waals surface area contributed by atoms with Crippen LogP contribution in [0.4, 0.5) is 11.4 Å². The molecular weight excluding hydrogens is 466 g/mol. The van der Waals surface area contributed by atoms with Gasteiger partial charge in [0, 0.05) is 47.9 Å². The van der Waals surface area contributed by atoms with Crippen molar-refractivity contribution in [3.63, 3.8) is 0 Å². The van der Waals surface area contributed by atoms with Gasteiger partial charge in [-0.1, -0.05) is 53.7 Å². The Morgan fingerprint density at radius 1 is 1.09 bits per heavy atom. The molecule has 1 heterocycles. The van der Waals surface area contributed by atoms with Crippen molar-refractivity contribution >= 4 is 52.6 Å². The first kappa shape index (κ1) is 23.9. The Balaban J connectivity index is 1.44. The van der Waals surface area contributed by atoms with E-state index in [9.17, 15) is 9.59 Å². The van der Waals surface area contributed by atoms with Gasteiger partial charge in [-0.15, -0.1) is 0 Å². The first-order valence-corrected chi connectivity index (χ1v) is 12.3. The molecule has 0 atom stereocenters. The van der Waals surface area contributed by atoms with Crippen LogP contribution in [0.1, 0.15) is 22.8 Å². The molecule has 0 spiro atoms. The lowest BCUT2D eigenvalue weighted by Gasteiger charge is -2.27. The predicted molar refractivity (Wildman–Crippen MR) is 142 cm³/mol. The van der Waals surface area contributed by atoms with Crippen LogP contribution in [-0.4, -0.2) is 38.5 Å². The van der Waals surface area contributed by atoms with Crippen LogP contribution >= 0.6 is 23.4 Å². The zero-order valence-electron chi connectivity index (χ0n) is 19.1. The molecule has 0 aromatic heterocycles. The maximum atomic E-state index is 13.0. The van der Waals surface area contributed by atoms with E-state index in [1.165, 1.54) is 11.8 Å². The van der Waals surface area contributed by atoms with Crippen molar-refractivity contribution < 1.29 is 9.59 Å². The number of para-hydroxylation sites is 1. The molecule has 0 fully saturated rings. The van der Waals surface area contributed by atoms with Crippen molar-refractivity contribution in [2.24, 2.45) is 0 Å². The zero-order chi connectivity index (χ0) is 24.1. The number of rotatable bonds is 7. The molecule has 7 heteroatoms. The Morgan fingerprint density at radius 3 is 2.62 bits per heavy atom. The molecule has 34 heavy (non-hydrogen) atoms. The number of hydrogen-bond donors (Lipinski definition) is 1. The smallest absolute Gasteiger partial charge is 0.264 e. The van der Waals surface area contributed by atoms with Crippen LogP contribution in [0.5, 0.6) is 0 Å². The minimum absolute atomic E-state index is 0.114. The van der Waals surface area contributed by atoms with E-state index in [1.807, 2.05) is 48.5 Å². The zero-order valence-corrected chi connectivity index (χ0v) is 20.7. The quantitative estimate of drug-likeness (QED) is 0.430. The Hall–Kier alpha value is -3.22. The third-order valence-corrected chi connectivity index (χ3v) is 6.95. The molecule has 5 nitrogen and oxygen atoms in total. The number of likely N-dealkylation sites (N-methyl/N-ethyl adjacent to an activating group) is 2. The van der Waals surface area contributed by atoms with Gasteiger partial charge >= 0.3 is 0 Å². The summed E-state index contributed by atoms with van der Waals surface area (Å²) in [5.41, 5.74) is 3.26. The molecule has 3 aromatic carbocycles. The number of hydrogen-bond acceptors (Lipinski definition) is 4. The Kier molecular flexibility index (Phi) is 7.60. The van der Waals surface area contributed by atoms with E-state index >= 15 is 0 Å². The van der Waals surface area contributed by atoms with Crippen LogP contribution in [0, 0.1) is 0 Å². The second-order valence-corrected chi connectivity index (χ2v) is 9.40. The highest BCUT2D eigenvalue weighted by atomic mass is 35.5. The standard InChI is InChI=1S/C27H26ClN3O2S/c1-3-31(22-10-5-4-6-11-22)15-14-29-26(32)20-12-13-24-23(18-20)30(2)27(33)25(34-24)17-19-8-7-9-21(28)16-19/h4-13,16-18H,3,14-15H2,1-2H3,(H,29,32). The molecular formula is C27H26ClN3O2S. The molecule has 3 aromatic rings. The van der Waals surface area contributed by atoms with E-state index in [2.05, 4.69) is 29.3 Å². The highest BCUT2D eigenvalue weighted by Gasteiger charge is 2.27. The van der Waals surface area contributed by atoms with Gasteiger partial charge in [0.05, 0.1) is 10.6 Å². The normalized spacial score (nSPS) is 14.1. The third kappa shape index (κ3) is 5.46. The fourth-order valence-corrected chi connectivity index (χ4v) is 5.09. The summed E-state index contributed by atoms with van der Waals surface area (Å²) in [6.07, 6.45) is 1.84. The van der Waals surface area contributed by atoms with E-state index in [4.69, 9.17) is 11.6 Å². The highest BCUT2D eigenvalue weighted by Crippen LogP contribution is 2.42. The number of amides is 2. The lowest BCUT2D eigenvalue weighted by Crippen LogP contribution is -2.35. The summed E-state index contributed by atoms with van der Waals surface area (Å²) in [5.74, 6) is -0.269. The number of carbonyl (C=O) groups is 2. The van der Waals surface area contributed by atoms with Crippen LogP contribution in [0.15, 0.2) is 82.6 Å². The summed E-state index contributed by atoms with van der Waals surface area (Å²) >= 11 is 7.48. The SMILES string of the molecule is CCN(CCNC(=O)c1ccc2c(c1)N(C)C(=O)C(=Cc1cccc(Cl)c1)S2)c1ccccc1. The average molecular weight is 492 g/mol. The van der Waals surface area contributed by atoms with Crippen LogP contribution in [-0.2, 0) is 4.79 Å². The lowest BCUT2D eigenvalue weighted by atomic mass is 10.1. The predicted octanol–water partition coefficient (Wildman–Crippen LogP) is 5.71. The number of nitrogens with zero attached hydrogens (tertiary/aromatic N) is 2. The molecule has 0 unspecified atom stereocenters. The molecule has 0 radical (unpaired) electrons. The number of nitrogens with one attached hydrogen (secondary N) is 1. The van der Waals surface area contributed by atoms with Gasteiger partial charge in [-0.2, -0.15) is 0 Å². The van der Waals surface area contributed by atoms with Gasteiger partial charge in [0.25, 0.3) is 11.8 Å². The number of anilines is 2. The Labute approximate surface area is 209 Å². The van der Waals surface area contributed by atoms with E-state index in [-0.39, 0.29) is 11.8 Å². The molecule has 1 N–H and O–H groups in total. The monoisotopic (exact) mass is 491 g/mol. The van der Waals surface area contributed by atoms with Crippen molar-refractivity contribution in [1.82, 2.24) is 5.32 Å². The van der Waals surface area contributed by atoms with Gasteiger partial charge in [-0.05, 0) is 61.0 Å². The fraction of sp³-hybridized carbons (Fsp3) is 0.185. The van der Waals surface area contributed by atoms with Gasteiger partial charge in [0.15, 0.2) is 0 Å². The molecule has 2 amide bonds. The topological polar surface area (TPSA) is 52.7 Å². The highest BCUT2D eigenvalue weighted by molar-refractivity contribution is 8.04. The average Bonchev–Trinajstić information content (AvgIpc) is 2.85. The molecule has 0 saturated heterocycles. The van der Waals surface area contributed by atoms with E-state index < -0.39 is 0 Å². The summed E-state index contributed by atoms with van der Waals surface area (Å²) in [6.45, 7) is 4.18. The summed E-state index contributed by atoms with van der Waals surface area (Å²) < 4.78 is 0. The number of benzene rings is 3. The number of fused-ring (bicyclic) bond motifs is 1. The van der Waals surface area contributed by atoms with Gasteiger partial charge in [0.2, 0.25) is 0 Å². The van der Waals surface area contributed by atoms with Crippen LogP contribution in [0.25, 0.3) is 6.08 Å². The van der Waals surface area contributed by atoms with Crippen LogP contribution in [0.2, 0.25) is 5.02 Å². The molecule has 0 bridgehead atoms. The first-order chi connectivity index (χ1) is 16.5. The van der Waals surface area contributed by atoms with Crippen molar-refractivity contribution in [3.05, 3.63) is 93.9 Å². The second kappa shape index (κ2) is 10.8. The van der Waals surface area contributed by atoms with Crippen LogP contribution in [0.3, 0.4) is 0 Å². The largest absolute Gasteiger partial charge is 0.370 e. The summed E-state index contributed by atoms with van der Waals surface area (Å²) in [4.78, 5) is 31.1. The molecule has 174 valence electrons. The van der Waals surface area contributed by atoms with E-state index in [0.717, 1.165) is 28.4 Å². The minimum Gasteiger partial charge on any atom is -0.370 e. The lowest BCUT2D eigenvalue weighted by molar-refractivity contribution is -0.114. The fourth-order valence-electron chi connectivity index (χ4n) is 3.80. The van der Waals surface area contributed by atoms with Gasteiger partial charge in [0.1, 0.15) is 0 Å². The Bertz CT molecular complexity index is 1230. The third-order valence-electron chi connectivity index (χ3n) is 5.63. The van der Waals surface area contributed by atoms with Crippen molar-refractivity contribution in [3.8, 4) is 0 Å². The molecule has 4 rings (SSSR count).